The van der Waals surface area contributed by atoms with Crippen LogP contribution in [0.4, 0.5) is 0 Å². The van der Waals surface area contributed by atoms with Crippen LogP contribution in [0.1, 0.15) is 37.3 Å². The van der Waals surface area contributed by atoms with Gasteiger partial charge in [0.2, 0.25) is 0 Å². The van der Waals surface area contributed by atoms with Crippen LogP contribution in [0.15, 0.2) is 41.0 Å². The lowest BCUT2D eigenvalue weighted by Gasteiger charge is -2.20. The third kappa shape index (κ3) is 3.08. The highest BCUT2D eigenvalue weighted by Gasteiger charge is 2.15. The molecule has 1 unspecified atom stereocenters. The van der Waals surface area contributed by atoms with E-state index in [4.69, 9.17) is 27.6 Å². The molecule has 0 amide bonds. The van der Waals surface area contributed by atoms with Crippen LogP contribution in [-0.4, -0.2) is 0 Å². The summed E-state index contributed by atoms with van der Waals surface area (Å²) in [4.78, 5) is 0. The van der Waals surface area contributed by atoms with Crippen LogP contribution in [-0.2, 0) is 0 Å². The fourth-order valence-corrected chi connectivity index (χ4v) is 2.39. The summed E-state index contributed by atoms with van der Waals surface area (Å²) in [5.41, 5.74) is 0.988. The zero-order chi connectivity index (χ0) is 13.1. The number of rotatable bonds is 4. The minimum absolute atomic E-state index is 0.0938. The highest BCUT2D eigenvalue weighted by molar-refractivity contribution is 6.33. The standard InChI is InChI=1S/C14H15Cl2NO/c1-9(12-8-11(15)5-6-13(12)16)17-10(2)14-4-3-7-18-14/h3-10,17H,1-2H3/t9?,10-/m1/s1. The largest absolute Gasteiger partial charge is 0.468 e. The highest BCUT2D eigenvalue weighted by Crippen LogP contribution is 2.28. The van der Waals surface area contributed by atoms with Gasteiger partial charge in [-0.25, -0.2) is 0 Å². The molecule has 0 aliphatic rings. The molecule has 18 heavy (non-hydrogen) atoms. The molecule has 4 heteroatoms. The fraction of sp³-hybridized carbons (Fsp3) is 0.286. The minimum atomic E-state index is 0.0938. The number of furan rings is 1. The van der Waals surface area contributed by atoms with Crippen molar-refractivity contribution in [3.05, 3.63) is 58.0 Å². The summed E-state index contributed by atoms with van der Waals surface area (Å²) in [7, 11) is 0. The molecule has 0 aliphatic carbocycles. The van der Waals surface area contributed by atoms with Gasteiger partial charge in [-0.15, -0.1) is 0 Å². The molecule has 0 bridgehead atoms. The van der Waals surface area contributed by atoms with E-state index in [1.807, 2.05) is 31.2 Å². The van der Waals surface area contributed by atoms with Gasteiger partial charge in [-0.05, 0) is 49.7 Å². The predicted octanol–water partition coefficient (Wildman–Crippen LogP) is 5.00. The smallest absolute Gasteiger partial charge is 0.120 e. The third-order valence-electron chi connectivity index (χ3n) is 2.89. The molecule has 96 valence electrons. The molecule has 1 aromatic carbocycles. The Morgan fingerprint density at radius 2 is 1.89 bits per heavy atom. The van der Waals surface area contributed by atoms with E-state index in [0.717, 1.165) is 11.3 Å². The van der Waals surface area contributed by atoms with E-state index >= 15 is 0 Å². The first-order valence-electron chi connectivity index (χ1n) is 5.82. The lowest BCUT2D eigenvalue weighted by Crippen LogP contribution is -2.22. The molecule has 0 saturated heterocycles. The zero-order valence-electron chi connectivity index (χ0n) is 10.3. The first-order valence-corrected chi connectivity index (χ1v) is 6.58. The van der Waals surface area contributed by atoms with Crippen LogP contribution >= 0.6 is 23.2 Å². The number of hydrogen-bond donors (Lipinski definition) is 1. The lowest BCUT2D eigenvalue weighted by molar-refractivity contribution is 0.403. The average molecular weight is 284 g/mol. The first-order chi connectivity index (χ1) is 8.58. The van der Waals surface area contributed by atoms with Crippen molar-refractivity contribution in [3.63, 3.8) is 0 Å². The van der Waals surface area contributed by atoms with E-state index < -0.39 is 0 Å². The van der Waals surface area contributed by atoms with Crippen LogP contribution in [0, 0.1) is 0 Å². The second-order valence-electron chi connectivity index (χ2n) is 4.29. The average Bonchev–Trinajstić information content (AvgIpc) is 2.85. The number of nitrogens with one attached hydrogen (secondary N) is 1. The highest BCUT2D eigenvalue weighted by atomic mass is 35.5. The maximum absolute atomic E-state index is 6.18. The molecule has 0 saturated carbocycles. The van der Waals surface area contributed by atoms with Crippen molar-refractivity contribution in [3.8, 4) is 0 Å². The van der Waals surface area contributed by atoms with Gasteiger partial charge in [0.25, 0.3) is 0 Å². The molecule has 2 rings (SSSR count). The van der Waals surface area contributed by atoms with Gasteiger partial charge < -0.3 is 9.73 Å². The summed E-state index contributed by atoms with van der Waals surface area (Å²) < 4.78 is 5.36. The maximum atomic E-state index is 6.18. The maximum Gasteiger partial charge on any atom is 0.120 e. The van der Waals surface area contributed by atoms with Crippen LogP contribution < -0.4 is 5.32 Å². The number of hydrogen-bond acceptors (Lipinski definition) is 2. The summed E-state index contributed by atoms with van der Waals surface area (Å²) >= 11 is 12.2. The van der Waals surface area contributed by atoms with Crippen LogP contribution in [0.3, 0.4) is 0 Å². The first kappa shape index (κ1) is 13.5. The summed E-state index contributed by atoms with van der Waals surface area (Å²) in [6.45, 7) is 4.10. The van der Waals surface area contributed by atoms with Gasteiger partial charge >= 0.3 is 0 Å². The van der Waals surface area contributed by atoms with Crippen molar-refractivity contribution in [1.82, 2.24) is 5.32 Å². The summed E-state index contributed by atoms with van der Waals surface area (Å²) in [6.07, 6.45) is 1.67. The molecule has 2 aromatic rings. The van der Waals surface area contributed by atoms with Gasteiger partial charge in [0.05, 0.1) is 12.3 Å². The van der Waals surface area contributed by atoms with E-state index in [9.17, 15) is 0 Å². The Hall–Kier alpha value is -0.960. The number of halogens is 2. The van der Waals surface area contributed by atoms with Crippen LogP contribution in [0.25, 0.3) is 0 Å². The van der Waals surface area contributed by atoms with Crippen molar-refractivity contribution in [1.29, 1.82) is 0 Å². The predicted molar refractivity (Wildman–Crippen MR) is 75.1 cm³/mol. The Labute approximate surface area is 117 Å². The second kappa shape index (κ2) is 5.79. The molecule has 1 N–H and O–H groups in total. The molecular formula is C14H15Cl2NO. The van der Waals surface area contributed by atoms with Crippen molar-refractivity contribution in [2.24, 2.45) is 0 Å². The van der Waals surface area contributed by atoms with Crippen molar-refractivity contribution >= 4 is 23.2 Å². The monoisotopic (exact) mass is 283 g/mol. The normalized spacial score (nSPS) is 14.4. The summed E-state index contributed by atoms with van der Waals surface area (Å²) in [5.74, 6) is 0.903. The molecule has 0 spiro atoms. The zero-order valence-corrected chi connectivity index (χ0v) is 11.8. The van der Waals surface area contributed by atoms with E-state index in [1.54, 1.807) is 12.3 Å². The van der Waals surface area contributed by atoms with Crippen molar-refractivity contribution in [2.45, 2.75) is 25.9 Å². The van der Waals surface area contributed by atoms with Gasteiger partial charge in [-0.1, -0.05) is 23.2 Å². The SMILES string of the molecule is CC(N[C@H](C)c1ccco1)c1cc(Cl)ccc1Cl. The molecule has 1 heterocycles. The third-order valence-corrected chi connectivity index (χ3v) is 3.47. The van der Waals surface area contributed by atoms with Crippen LogP contribution in [0.2, 0.25) is 10.0 Å². The molecule has 2 nitrogen and oxygen atoms in total. The van der Waals surface area contributed by atoms with Crippen LogP contribution in [0.5, 0.6) is 0 Å². The molecular weight excluding hydrogens is 269 g/mol. The molecule has 0 fully saturated rings. The Balaban J connectivity index is 2.12. The van der Waals surface area contributed by atoms with Gasteiger partial charge in [0.15, 0.2) is 0 Å². The van der Waals surface area contributed by atoms with E-state index in [2.05, 4.69) is 12.2 Å². The quantitative estimate of drug-likeness (QED) is 0.854. The molecule has 1 aromatic heterocycles. The summed E-state index contributed by atoms with van der Waals surface area (Å²) in [6, 6.07) is 9.53. The topological polar surface area (TPSA) is 25.2 Å². The lowest BCUT2D eigenvalue weighted by atomic mass is 10.1. The Morgan fingerprint density at radius 1 is 1.11 bits per heavy atom. The Kier molecular flexibility index (Phi) is 4.33. The number of benzene rings is 1. The van der Waals surface area contributed by atoms with Crippen molar-refractivity contribution < 1.29 is 4.42 Å². The van der Waals surface area contributed by atoms with Crippen molar-refractivity contribution in [2.75, 3.05) is 0 Å². The van der Waals surface area contributed by atoms with Gasteiger partial charge in [-0.3, -0.25) is 0 Å². The van der Waals surface area contributed by atoms with E-state index in [1.165, 1.54) is 0 Å². The molecule has 0 aliphatic heterocycles. The van der Waals surface area contributed by atoms with Gasteiger partial charge in [-0.2, -0.15) is 0 Å². The minimum Gasteiger partial charge on any atom is -0.468 e. The Morgan fingerprint density at radius 3 is 2.56 bits per heavy atom. The van der Waals surface area contributed by atoms with Gasteiger partial charge in [0.1, 0.15) is 5.76 Å². The fourth-order valence-electron chi connectivity index (χ4n) is 1.93. The van der Waals surface area contributed by atoms with Gasteiger partial charge in [0, 0.05) is 16.1 Å². The van der Waals surface area contributed by atoms with E-state index in [-0.39, 0.29) is 12.1 Å². The van der Waals surface area contributed by atoms with E-state index in [0.29, 0.717) is 10.0 Å². The molecule has 2 atom stereocenters. The Bertz CT molecular complexity index is 511. The second-order valence-corrected chi connectivity index (χ2v) is 5.13. The summed E-state index contributed by atoms with van der Waals surface area (Å²) in [5, 5.41) is 4.83. The molecule has 0 radical (unpaired) electrons.